The van der Waals surface area contributed by atoms with Crippen LogP contribution in [0.25, 0.3) is 0 Å². The average Bonchev–Trinajstić information content (AvgIpc) is 2.58. The van der Waals surface area contributed by atoms with E-state index in [1.807, 2.05) is 12.1 Å². The number of hydrogen-bond acceptors (Lipinski definition) is 3. The van der Waals surface area contributed by atoms with Crippen molar-refractivity contribution in [3.05, 3.63) is 64.9 Å². The number of benzene rings is 2. The summed E-state index contributed by atoms with van der Waals surface area (Å²) >= 11 is 5.80. The summed E-state index contributed by atoms with van der Waals surface area (Å²) in [5.41, 5.74) is 0.360. The maximum Gasteiger partial charge on any atom is 0.310 e. The zero-order valence-corrected chi connectivity index (χ0v) is 14.1. The molecule has 0 unspecified atom stereocenters. The number of halogens is 2. The van der Waals surface area contributed by atoms with Crippen LogP contribution in [0.2, 0.25) is 5.02 Å². The molecule has 3 nitrogen and oxygen atoms in total. The van der Waals surface area contributed by atoms with Crippen LogP contribution in [-0.2, 0) is 16.0 Å². The number of rotatable bonds is 9. The van der Waals surface area contributed by atoms with E-state index in [0.29, 0.717) is 23.8 Å². The lowest BCUT2D eigenvalue weighted by Gasteiger charge is -2.07. The molecule has 0 spiro atoms. The summed E-state index contributed by atoms with van der Waals surface area (Å²) in [5.74, 6) is 0.00188. The average molecular weight is 351 g/mol. The summed E-state index contributed by atoms with van der Waals surface area (Å²) in [6.45, 7) is 0.943. The van der Waals surface area contributed by atoms with Crippen LogP contribution in [-0.4, -0.2) is 19.2 Å². The number of unbranched alkanes of at least 4 members (excludes halogenated alkanes) is 2. The molecule has 0 saturated carbocycles. The largest absolute Gasteiger partial charge is 0.494 e. The van der Waals surface area contributed by atoms with Gasteiger partial charge in [0.25, 0.3) is 0 Å². The van der Waals surface area contributed by atoms with Gasteiger partial charge < -0.3 is 9.47 Å². The Morgan fingerprint density at radius 3 is 2.42 bits per heavy atom. The molecule has 0 aromatic heterocycles. The van der Waals surface area contributed by atoms with Crippen molar-refractivity contribution in [1.29, 1.82) is 0 Å². The van der Waals surface area contributed by atoms with Crippen molar-refractivity contribution in [2.45, 2.75) is 25.7 Å². The van der Waals surface area contributed by atoms with Gasteiger partial charge in [-0.25, -0.2) is 4.39 Å². The number of ether oxygens (including phenoxy) is 2. The van der Waals surface area contributed by atoms with Crippen LogP contribution >= 0.6 is 11.6 Å². The third-order valence-electron chi connectivity index (χ3n) is 3.43. The molecule has 0 amide bonds. The normalized spacial score (nSPS) is 10.4. The van der Waals surface area contributed by atoms with Crippen molar-refractivity contribution >= 4 is 17.6 Å². The Balaban J connectivity index is 1.52. The van der Waals surface area contributed by atoms with Crippen LogP contribution in [0.4, 0.5) is 4.39 Å². The van der Waals surface area contributed by atoms with Gasteiger partial charge in [0.15, 0.2) is 0 Å². The second kappa shape index (κ2) is 9.93. The highest BCUT2D eigenvalue weighted by Gasteiger charge is 2.08. The molecule has 0 saturated heterocycles. The van der Waals surface area contributed by atoms with E-state index < -0.39 is 5.97 Å². The highest BCUT2D eigenvalue weighted by atomic mass is 35.5. The second-order valence-electron chi connectivity index (χ2n) is 5.35. The lowest BCUT2D eigenvalue weighted by atomic mass is 10.1. The minimum atomic E-state index is -0.405. The zero-order chi connectivity index (χ0) is 17.2. The predicted octanol–water partition coefficient (Wildman–Crippen LogP) is 4.81. The van der Waals surface area contributed by atoms with E-state index in [1.54, 1.807) is 30.3 Å². The molecule has 0 heterocycles. The summed E-state index contributed by atoms with van der Waals surface area (Å²) in [4.78, 5) is 11.6. The van der Waals surface area contributed by atoms with Crippen LogP contribution in [0, 0.1) is 5.82 Å². The summed E-state index contributed by atoms with van der Waals surface area (Å²) in [5, 5.41) is 0.680. The van der Waals surface area contributed by atoms with Crippen molar-refractivity contribution in [2.24, 2.45) is 0 Å². The van der Waals surface area contributed by atoms with Gasteiger partial charge in [0, 0.05) is 5.02 Å². The van der Waals surface area contributed by atoms with Crippen molar-refractivity contribution in [3.8, 4) is 5.75 Å². The Morgan fingerprint density at radius 1 is 0.958 bits per heavy atom. The first-order valence-corrected chi connectivity index (χ1v) is 8.30. The van der Waals surface area contributed by atoms with Gasteiger partial charge in [0.2, 0.25) is 0 Å². The fourth-order valence-electron chi connectivity index (χ4n) is 2.14. The van der Waals surface area contributed by atoms with Gasteiger partial charge in [-0.05, 0) is 55.2 Å². The molecule has 2 rings (SSSR count). The van der Waals surface area contributed by atoms with Crippen LogP contribution in [0.3, 0.4) is 0 Å². The molecular weight excluding hydrogens is 331 g/mol. The maximum atomic E-state index is 13.4. The molecular formula is C19H20ClFO3. The van der Waals surface area contributed by atoms with E-state index in [9.17, 15) is 9.18 Å². The SMILES string of the molecule is O=C(Cc1ccccc1F)OCCCCCOc1ccc(Cl)cc1. The summed E-state index contributed by atoms with van der Waals surface area (Å²) < 4.78 is 24.1. The first kappa shape index (κ1) is 18.3. The van der Waals surface area contributed by atoms with Crippen molar-refractivity contribution < 1.29 is 18.7 Å². The lowest BCUT2D eigenvalue weighted by molar-refractivity contribution is -0.143. The standard InChI is InChI=1S/C19H20ClFO3/c20-16-8-10-17(11-9-16)23-12-4-1-5-13-24-19(22)14-15-6-2-3-7-18(15)21/h2-3,6-11H,1,4-5,12-14H2. The fourth-order valence-corrected chi connectivity index (χ4v) is 2.26. The Bertz CT molecular complexity index is 643. The number of hydrogen-bond donors (Lipinski definition) is 0. The monoisotopic (exact) mass is 350 g/mol. The first-order chi connectivity index (χ1) is 11.6. The Labute approximate surface area is 146 Å². The highest BCUT2D eigenvalue weighted by molar-refractivity contribution is 6.30. The van der Waals surface area contributed by atoms with E-state index in [4.69, 9.17) is 21.1 Å². The Kier molecular flexibility index (Phi) is 7.56. The lowest BCUT2D eigenvalue weighted by Crippen LogP contribution is -2.10. The van der Waals surface area contributed by atoms with Gasteiger partial charge in [-0.3, -0.25) is 4.79 Å². The fraction of sp³-hybridized carbons (Fsp3) is 0.316. The van der Waals surface area contributed by atoms with Gasteiger partial charge in [-0.2, -0.15) is 0 Å². The number of carbonyl (C=O) groups is 1. The third kappa shape index (κ3) is 6.59. The molecule has 0 N–H and O–H groups in total. The Hall–Kier alpha value is -2.07. The van der Waals surface area contributed by atoms with Gasteiger partial charge in [-0.1, -0.05) is 29.8 Å². The summed E-state index contributed by atoms with van der Waals surface area (Å²) in [6, 6.07) is 13.4. The minimum Gasteiger partial charge on any atom is -0.494 e. The van der Waals surface area contributed by atoms with Crippen LogP contribution < -0.4 is 4.74 Å². The molecule has 2 aromatic carbocycles. The summed E-state index contributed by atoms with van der Waals surface area (Å²) in [6.07, 6.45) is 2.48. The minimum absolute atomic E-state index is 0.0354. The predicted molar refractivity (Wildman–Crippen MR) is 91.9 cm³/mol. The van der Waals surface area contributed by atoms with E-state index in [1.165, 1.54) is 6.07 Å². The summed E-state index contributed by atoms with van der Waals surface area (Å²) in [7, 11) is 0. The van der Waals surface area contributed by atoms with Crippen molar-refractivity contribution in [3.63, 3.8) is 0 Å². The van der Waals surface area contributed by atoms with Crippen LogP contribution in [0.15, 0.2) is 48.5 Å². The van der Waals surface area contributed by atoms with Crippen LogP contribution in [0.5, 0.6) is 5.75 Å². The topological polar surface area (TPSA) is 35.5 Å². The number of esters is 1. The van der Waals surface area contributed by atoms with E-state index in [-0.39, 0.29) is 12.2 Å². The molecule has 0 fully saturated rings. The molecule has 0 aliphatic rings. The zero-order valence-electron chi connectivity index (χ0n) is 13.3. The molecule has 0 radical (unpaired) electrons. The van der Waals surface area contributed by atoms with Crippen molar-refractivity contribution in [2.75, 3.05) is 13.2 Å². The van der Waals surface area contributed by atoms with E-state index >= 15 is 0 Å². The maximum absolute atomic E-state index is 13.4. The number of carbonyl (C=O) groups excluding carboxylic acids is 1. The quantitative estimate of drug-likeness (QED) is 0.480. The molecule has 0 bridgehead atoms. The molecule has 0 aliphatic carbocycles. The molecule has 128 valence electrons. The van der Waals surface area contributed by atoms with E-state index in [0.717, 1.165) is 25.0 Å². The van der Waals surface area contributed by atoms with Crippen molar-refractivity contribution in [1.82, 2.24) is 0 Å². The van der Waals surface area contributed by atoms with E-state index in [2.05, 4.69) is 0 Å². The Morgan fingerprint density at radius 2 is 1.67 bits per heavy atom. The smallest absolute Gasteiger partial charge is 0.310 e. The molecule has 2 aromatic rings. The molecule has 0 atom stereocenters. The van der Waals surface area contributed by atoms with Gasteiger partial charge in [0.05, 0.1) is 19.6 Å². The van der Waals surface area contributed by atoms with Gasteiger partial charge in [0.1, 0.15) is 11.6 Å². The van der Waals surface area contributed by atoms with Crippen LogP contribution in [0.1, 0.15) is 24.8 Å². The third-order valence-corrected chi connectivity index (χ3v) is 3.68. The van der Waals surface area contributed by atoms with Gasteiger partial charge in [-0.15, -0.1) is 0 Å². The molecule has 0 aliphatic heterocycles. The molecule has 24 heavy (non-hydrogen) atoms. The van der Waals surface area contributed by atoms with Gasteiger partial charge >= 0.3 is 5.97 Å². The highest BCUT2D eigenvalue weighted by Crippen LogP contribution is 2.15. The first-order valence-electron chi connectivity index (χ1n) is 7.92. The second-order valence-corrected chi connectivity index (χ2v) is 5.79. The molecule has 5 heteroatoms.